The molecule has 2 aromatic rings. The Morgan fingerprint density at radius 2 is 1.94 bits per heavy atom. The fourth-order valence-corrected chi connectivity index (χ4v) is 3.87. The molecule has 0 saturated carbocycles. The van der Waals surface area contributed by atoms with E-state index in [2.05, 4.69) is 0 Å². The van der Waals surface area contributed by atoms with E-state index in [1.165, 1.54) is 9.96 Å². The molecule has 2 unspecified atom stereocenters. The minimum absolute atomic E-state index is 0.0609. The summed E-state index contributed by atoms with van der Waals surface area (Å²) >= 11 is 0. The van der Waals surface area contributed by atoms with Gasteiger partial charge in [-0.25, -0.2) is 4.79 Å². The molecule has 0 aromatic heterocycles. The van der Waals surface area contributed by atoms with Crippen molar-refractivity contribution in [2.24, 2.45) is 5.73 Å². The third-order valence-corrected chi connectivity index (χ3v) is 5.33. The van der Waals surface area contributed by atoms with Crippen LogP contribution in [0.15, 0.2) is 48.5 Å². The normalized spacial score (nSPS) is 19.5. The lowest BCUT2D eigenvalue weighted by molar-refractivity contribution is -0.141. The highest BCUT2D eigenvalue weighted by Crippen LogP contribution is 2.45. The van der Waals surface area contributed by atoms with Crippen LogP contribution in [0.25, 0.3) is 0 Å². The molecule has 0 spiro atoms. The van der Waals surface area contributed by atoms with Crippen molar-refractivity contribution in [1.29, 1.82) is 0 Å². The number of nitrogens with zero attached hydrogens (tertiary/aromatic N) is 2. The van der Waals surface area contributed by atoms with Crippen molar-refractivity contribution in [2.75, 3.05) is 33.7 Å². The van der Waals surface area contributed by atoms with Gasteiger partial charge in [0.2, 0.25) is 5.91 Å². The third-order valence-electron chi connectivity index (χ3n) is 5.33. The van der Waals surface area contributed by atoms with E-state index in [-0.39, 0.29) is 25.5 Å². The molecule has 2 atom stereocenters. The molecule has 0 radical (unpaired) electrons. The summed E-state index contributed by atoms with van der Waals surface area (Å²) in [4.78, 5) is 32.5. The van der Waals surface area contributed by atoms with Crippen LogP contribution < -0.4 is 10.5 Å². The average molecular weight is 427 g/mol. The molecular formula is C22H25N3O6. The molecule has 164 valence electrons. The van der Waals surface area contributed by atoms with Crippen LogP contribution in [0.2, 0.25) is 0 Å². The van der Waals surface area contributed by atoms with Crippen molar-refractivity contribution >= 4 is 11.9 Å². The van der Waals surface area contributed by atoms with Crippen molar-refractivity contribution < 1.29 is 28.6 Å². The van der Waals surface area contributed by atoms with Crippen molar-refractivity contribution in [1.82, 2.24) is 9.96 Å². The summed E-state index contributed by atoms with van der Waals surface area (Å²) in [6, 6.07) is 13.3. The molecule has 1 fully saturated rings. The van der Waals surface area contributed by atoms with E-state index in [0.717, 1.165) is 11.1 Å². The van der Waals surface area contributed by atoms with Gasteiger partial charge in [0.1, 0.15) is 24.4 Å². The molecule has 2 aliphatic heterocycles. The van der Waals surface area contributed by atoms with Gasteiger partial charge in [0, 0.05) is 7.11 Å². The van der Waals surface area contributed by atoms with E-state index < -0.39 is 11.9 Å². The lowest BCUT2D eigenvalue weighted by atomic mass is 9.90. The van der Waals surface area contributed by atoms with Crippen LogP contribution in [0, 0.1) is 0 Å². The number of ether oxygens (including phenoxy) is 3. The maximum absolute atomic E-state index is 13.0. The highest BCUT2D eigenvalue weighted by atomic mass is 16.7. The van der Waals surface area contributed by atoms with Gasteiger partial charge in [0.25, 0.3) is 0 Å². The number of nitrogens with two attached hydrogens (primary N) is 1. The van der Waals surface area contributed by atoms with E-state index in [1.807, 2.05) is 36.4 Å². The first kappa shape index (κ1) is 21.1. The van der Waals surface area contributed by atoms with Gasteiger partial charge < -0.3 is 24.8 Å². The lowest BCUT2D eigenvalue weighted by Gasteiger charge is -2.31. The number of rotatable bonds is 10. The molecule has 9 nitrogen and oxygen atoms in total. The molecule has 0 aliphatic carbocycles. The molecular weight excluding hydrogens is 402 g/mol. The largest absolute Gasteiger partial charge is 0.468 e. The number of hydrogen-bond donors (Lipinski definition) is 1. The summed E-state index contributed by atoms with van der Waals surface area (Å²) in [5.74, 6) is -0.0234. The number of urea groups is 1. The van der Waals surface area contributed by atoms with Gasteiger partial charge >= 0.3 is 6.03 Å². The lowest BCUT2D eigenvalue weighted by Crippen LogP contribution is -2.41. The Morgan fingerprint density at radius 3 is 2.68 bits per heavy atom. The quantitative estimate of drug-likeness (QED) is 0.460. The fraction of sp³-hybridized carbons (Fsp3) is 0.364. The van der Waals surface area contributed by atoms with Crippen LogP contribution in [0.4, 0.5) is 4.79 Å². The summed E-state index contributed by atoms with van der Waals surface area (Å²) in [5.41, 5.74) is 8.03. The standard InChI is InChI=1S/C22H25N3O6/c1-28-9-10-29-14-30-16-7-8-17-18(11-16)19-12-24(20(17)21(23)26)22(27)25(19)31-13-15-5-3-2-4-6-15/h2-8,11,19-20H,9-10,12-14H2,1H3,(H2,23,26). The van der Waals surface area contributed by atoms with E-state index in [0.29, 0.717) is 31.1 Å². The SMILES string of the molecule is COCCOCOc1ccc2c(c1)C1CN(C(=O)N1OCc1ccccc1)C2C(N)=O. The third kappa shape index (κ3) is 4.34. The zero-order valence-corrected chi connectivity index (χ0v) is 17.2. The van der Waals surface area contributed by atoms with Gasteiger partial charge in [-0.15, -0.1) is 0 Å². The zero-order valence-electron chi connectivity index (χ0n) is 17.2. The first-order chi connectivity index (χ1) is 15.1. The second kappa shape index (κ2) is 9.34. The molecule has 9 heteroatoms. The first-order valence-electron chi connectivity index (χ1n) is 9.99. The van der Waals surface area contributed by atoms with E-state index in [1.54, 1.807) is 19.2 Å². The Kier molecular flexibility index (Phi) is 6.36. The van der Waals surface area contributed by atoms with Crippen LogP contribution >= 0.6 is 0 Å². The maximum atomic E-state index is 13.0. The molecule has 2 aromatic carbocycles. The highest BCUT2D eigenvalue weighted by Gasteiger charge is 2.50. The Balaban J connectivity index is 1.55. The molecule has 2 heterocycles. The number of hydroxylamine groups is 2. The Labute approximate surface area is 180 Å². The van der Waals surface area contributed by atoms with Gasteiger partial charge in [-0.05, 0) is 28.8 Å². The predicted octanol–water partition coefficient (Wildman–Crippen LogP) is 2.14. The minimum Gasteiger partial charge on any atom is -0.468 e. The number of benzene rings is 2. The van der Waals surface area contributed by atoms with Gasteiger partial charge in [-0.2, -0.15) is 5.06 Å². The average Bonchev–Trinajstić information content (AvgIpc) is 3.05. The number of methoxy groups -OCH3 is 1. The second-order valence-electron chi connectivity index (χ2n) is 7.29. The summed E-state index contributed by atoms with van der Waals surface area (Å²) in [6.45, 7) is 1.49. The predicted molar refractivity (Wildman–Crippen MR) is 110 cm³/mol. The second-order valence-corrected chi connectivity index (χ2v) is 7.29. The summed E-state index contributed by atoms with van der Waals surface area (Å²) < 4.78 is 15.9. The fourth-order valence-electron chi connectivity index (χ4n) is 3.87. The first-order valence-corrected chi connectivity index (χ1v) is 9.99. The van der Waals surface area contributed by atoms with Gasteiger partial charge in [0.15, 0.2) is 6.79 Å². The number of carbonyl (C=O) groups is 2. The number of hydrogen-bond acceptors (Lipinski definition) is 6. The van der Waals surface area contributed by atoms with Crippen LogP contribution in [0.1, 0.15) is 28.8 Å². The van der Waals surface area contributed by atoms with Gasteiger partial charge in [-0.3, -0.25) is 9.63 Å². The minimum atomic E-state index is -0.851. The van der Waals surface area contributed by atoms with Gasteiger partial charge in [0.05, 0.1) is 19.8 Å². The van der Waals surface area contributed by atoms with Gasteiger partial charge in [-0.1, -0.05) is 36.4 Å². The van der Waals surface area contributed by atoms with E-state index in [4.69, 9.17) is 24.8 Å². The van der Waals surface area contributed by atoms with E-state index in [9.17, 15) is 9.59 Å². The Hall–Kier alpha value is -3.14. The maximum Gasteiger partial charge on any atom is 0.345 e. The Bertz CT molecular complexity index is 938. The van der Waals surface area contributed by atoms with Crippen molar-refractivity contribution in [3.8, 4) is 5.75 Å². The monoisotopic (exact) mass is 427 g/mol. The van der Waals surface area contributed by atoms with Crippen LogP contribution in [-0.4, -0.2) is 55.6 Å². The smallest absolute Gasteiger partial charge is 0.345 e. The summed E-state index contributed by atoms with van der Waals surface area (Å²) in [7, 11) is 1.60. The topological polar surface area (TPSA) is 104 Å². The molecule has 2 N–H and O–H groups in total. The number of amides is 3. The summed E-state index contributed by atoms with van der Waals surface area (Å²) in [6.07, 6.45) is 0. The molecule has 31 heavy (non-hydrogen) atoms. The molecule has 2 aliphatic rings. The molecule has 2 bridgehead atoms. The van der Waals surface area contributed by atoms with Crippen LogP contribution in [-0.2, 0) is 25.7 Å². The van der Waals surface area contributed by atoms with E-state index >= 15 is 0 Å². The molecule has 1 saturated heterocycles. The molecule has 4 rings (SSSR count). The van der Waals surface area contributed by atoms with Crippen molar-refractivity contribution in [3.63, 3.8) is 0 Å². The summed E-state index contributed by atoms with van der Waals surface area (Å²) in [5, 5.41) is 1.33. The number of carbonyl (C=O) groups excluding carboxylic acids is 2. The number of primary amides is 1. The highest BCUT2D eigenvalue weighted by molar-refractivity contribution is 5.90. The zero-order chi connectivity index (χ0) is 21.8. The van der Waals surface area contributed by atoms with Crippen LogP contribution in [0.3, 0.4) is 0 Å². The van der Waals surface area contributed by atoms with Crippen LogP contribution in [0.5, 0.6) is 5.75 Å². The Morgan fingerprint density at radius 1 is 1.13 bits per heavy atom. The number of fused-ring (bicyclic) bond motifs is 4. The van der Waals surface area contributed by atoms with Crippen molar-refractivity contribution in [3.05, 3.63) is 65.2 Å². The molecule has 3 amide bonds. The van der Waals surface area contributed by atoms with Crippen molar-refractivity contribution in [2.45, 2.75) is 18.7 Å².